The topological polar surface area (TPSA) is 94.3 Å². The van der Waals surface area contributed by atoms with Crippen LogP contribution in [-0.2, 0) is 16.1 Å². The molecule has 0 aliphatic heterocycles. The van der Waals surface area contributed by atoms with E-state index >= 15 is 0 Å². The summed E-state index contributed by atoms with van der Waals surface area (Å²) in [7, 11) is 0. The minimum absolute atomic E-state index is 0.165. The van der Waals surface area contributed by atoms with Crippen molar-refractivity contribution >= 4 is 11.9 Å². The van der Waals surface area contributed by atoms with Crippen molar-refractivity contribution < 1.29 is 18.8 Å². The zero-order valence-electron chi connectivity index (χ0n) is 22.1. The molecule has 1 aromatic carbocycles. The largest absolute Gasteiger partial charge is 0.460 e. The molecule has 0 radical (unpaired) electrons. The summed E-state index contributed by atoms with van der Waals surface area (Å²) in [6, 6.07) is 8.99. The van der Waals surface area contributed by atoms with Crippen LogP contribution < -0.4 is 5.32 Å². The molecular weight excluding hydrogens is 442 g/mol. The second-order valence-corrected chi connectivity index (χ2v) is 10.0. The Morgan fingerprint density at radius 2 is 1.80 bits per heavy atom. The smallest absolute Gasteiger partial charge is 0.307 e. The average molecular weight is 486 g/mol. The van der Waals surface area contributed by atoms with E-state index in [0.717, 1.165) is 18.8 Å². The van der Waals surface area contributed by atoms with Crippen molar-refractivity contribution in [3.05, 3.63) is 47.6 Å². The van der Waals surface area contributed by atoms with Crippen molar-refractivity contribution in [3.63, 3.8) is 0 Å². The second-order valence-electron chi connectivity index (χ2n) is 10.0. The number of nitrogens with one attached hydrogen (secondary N) is 1. The number of rotatable bonds is 10. The number of nitrogens with zero attached hydrogens (tertiary/aromatic N) is 2. The summed E-state index contributed by atoms with van der Waals surface area (Å²) < 4.78 is 11.1. The van der Waals surface area contributed by atoms with E-state index in [4.69, 9.17) is 9.26 Å². The quantitative estimate of drug-likeness (QED) is 0.381. The first-order valence-electron chi connectivity index (χ1n) is 13.2. The van der Waals surface area contributed by atoms with Gasteiger partial charge in [0.2, 0.25) is 5.89 Å². The standard InChI is InChI=1S/C26H37N3O4.C2H6/c1-26(2,3)32-23(30)17-21(16-10-13-19-11-6-4-7-12-19)25-28-22(29-33-25)18-27-24(31)20-14-8-5-9-15-20;1-2/h5,8-9,14-15,19,21H,4,6-7,10-13,16-18H2,1-3H3,(H,27,31);1-2H3/t21-;/m1./s1. The van der Waals surface area contributed by atoms with Crippen LogP contribution >= 0.6 is 0 Å². The zero-order valence-corrected chi connectivity index (χ0v) is 22.1. The first-order chi connectivity index (χ1) is 16.8. The maximum Gasteiger partial charge on any atom is 0.307 e. The number of carbonyl (C=O) groups is 2. The van der Waals surface area contributed by atoms with Crippen molar-refractivity contribution in [2.24, 2.45) is 5.92 Å². The lowest BCUT2D eigenvalue weighted by atomic mass is 9.84. The van der Waals surface area contributed by atoms with Gasteiger partial charge >= 0.3 is 5.97 Å². The molecule has 1 aliphatic carbocycles. The van der Waals surface area contributed by atoms with Gasteiger partial charge in [-0.3, -0.25) is 9.59 Å². The average Bonchev–Trinajstić information content (AvgIpc) is 3.32. The highest BCUT2D eigenvalue weighted by atomic mass is 16.6. The first kappa shape index (κ1) is 28.5. The number of carbonyl (C=O) groups excluding carboxylic acids is 2. The molecule has 194 valence electrons. The summed E-state index contributed by atoms with van der Waals surface area (Å²) in [5.74, 6) is 0.980. The Morgan fingerprint density at radius 3 is 2.46 bits per heavy atom. The lowest BCUT2D eigenvalue weighted by Gasteiger charge is -2.23. The predicted octanol–water partition coefficient (Wildman–Crippen LogP) is 6.59. The van der Waals surface area contributed by atoms with Crippen LogP contribution in [0.1, 0.15) is 120 Å². The number of benzene rings is 1. The van der Waals surface area contributed by atoms with E-state index in [2.05, 4.69) is 15.5 Å². The van der Waals surface area contributed by atoms with E-state index in [9.17, 15) is 9.59 Å². The molecule has 1 aliphatic rings. The van der Waals surface area contributed by atoms with Crippen LogP contribution in [0, 0.1) is 5.92 Å². The van der Waals surface area contributed by atoms with Crippen molar-refractivity contribution in [3.8, 4) is 0 Å². The van der Waals surface area contributed by atoms with Crippen molar-refractivity contribution in [2.45, 2.75) is 110 Å². The summed E-state index contributed by atoms with van der Waals surface area (Å²) in [4.78, 5) is 29.3. The minimum Gasteiger partial charge on any atom is -0.460 e. The summed E-state index contributed by atoms with van der Waals surface area (Å²) in [5, 5.41) is 6.84. The fraction of sp³-hybridized carbons (Fsp3) is 0.643. The van der Waals surface area contributed by atoms with Gasteiger partial charge in [0.25, 0.3) is 5.91 Å². The van der Waals surface area contributed by atoms with Gasteiger partial charge in [0.1, 0.15) is 5.60 Å². The Morgan fingerprint density at radius 1 is 1.11 bits per heavy atom. The normalized spacial score (nSPS) is 15.0. The molecule has 2 aromatic rings. The third-order valence-electron chi connectivity index (χ3n) is 6.00. The molecule has 1 saturated carbocycles. The van der Waals surface area contributed by atoms with Gasteiger partial charge in [-0.15, -0.1) is 0 Å². The number of aromatic nitrogens is 2. The van der Waals surface area contributed by atoms with Crippen LogP contribution in [0.2, 0.25) is 0 Å². The molecule has 35 heavy (non-hydrogen) atoms. The SMILES string of the molecule is CC.CC(C)(C)OC(=O)C[C@@H](CCCC1CCCCC1)c1nc(CNC(=O)c2ccccc2)no1. The number of amides is 1. The highest BCUT2D eigenvalue weighted by molar-refractivity contribution is 5.93. The summed E-state index contributed by atoms with van der Waals surface area (Å²) in [6.45, 7) is 9.76. The van der Waals surface area contributed by atoms with Gasteiger partial charge in [-0.2, -0.15) is 4.98 Å². The van der Waals surface area contributed by atoms with Gasteiger partial charge in [0, 0.05) is 11.5 Å². The van der Waals surface area contributed by atoms with E-state index in [1.807, 2.05) is 52.8 Å². The monoisotopic (exact) mass is 485 g/mol. The first-order valence-corrected chi connectivity index (χ1v) is 13.2. The van der Waals surface area contributed by atoms with Crippen molar-refractivity contribution in [2.75, 3.05) is 0 Å². The van der Waals surface area contributed by atoms with Gasteiger partial charge in [-0.25, -0.2) is 0 Å². The Balaban J connectivity index is 0.00000210. The molecule has 0 bridgehead atoms. The molecular formula is C28H43N3O4. The Kier molecular flexibility index (Phi) is 11.9. The summed E-state index contributed by atoms with van der Waals surface area (Å²) in [5.41, 5.74) is 0.0394. The van der Waals surface area contributed by atoms with Gasteiger partial charge in [-0.1, -0.05) is 82.1 Å². The Bertz CT molecular complexity index is 883. The van der Waals surface area contributed by atoms with Crippen LogP contribution in [0.25, 0.3) is 0 Å². The summed E-state index contributed by atoms with van der Waals surface area (Å²) >= 11 is 0. The highest BCUT2D eigenvalue weighted by Crippen LogP contribution is 2.31. The van der Waals surface area contributed by atoms with Crippen molar-refractivity contribution in [1.29, 1.82) is 0 Å². The molecule has 1 fully saturated rings. The minimum atomic E-state index is -0.536. The molecule has 1 heterocycles. The molecule has 7 nitrogen and oxygen atoms in total. The van der Waals surface area contributed by atoms with Gasteiger partial charge in [-0.05, 0) is 45.2 Å². The van der Waals surface area contributed by atoms with E-state index in [1.165, 1.54) is 38.5 Å². The molecule has 3 rings (SSSR count). The number of ether oxygens (including phenoxy) is 1. The summed E-state index contributed by atoms with van der Waals surface area (Å²) in [6.07, 6.45) is 9.81. The number of hydrogen-bond donors (Lipinski definition) is 1. The Hall–Kier alpha value is -2.70. The predicted molar refractivity (Wildman–Crippen MR) is 137 cm³/mol. The van der Waals surface area contributed by atoms with Crippen LogP contribution in [0.3, 0.4) is 0 Å². The molecule has 7 heteroatoms. The van der Waals surface area contributed by atoms with E-state index < -0.39 is 5.60 Å². The lowest BCUT2D eigenvalue weighted by Crippen LogP contribution is -2.25. The van der Waals surface area contributed by atoms with E-state index in [0.29, 0.717) is 17.3 Å². The maximum absolute atomic E-state index is 12.5. The van der Waals surface area contributed by atoms with Crippen LogP contribution in [-0.4, -0.2) is 27.6 Å². The fourth-order valence-corrected chi connectivity index (χ4v) is 4.38. The van der Waals surface area contributed by atoms with E-state index in [-0.39, 0.29) is 30.8 Å². The molecule has 0 saturated heterocycles. The molecule has 1 amide bonds. The van der Waals surface area contributed by atoms with Crippen LogP contribution in [0.5, 0.6) is 0 Å². The Labute approximate surface area is 210 Å². The maximum atomic E-state index is 12.5. The molecule has 0 spiro atoms. The van der Waals surface area contributed by atoms with Gasteiger partial charge < -0.3 is 14.6 Å². The second kappa shape index (κ2) is 14.6. The molecule has 1 N–H and O–H groups in total. The van der Waals surface area contributed by atoms with Crippen molar-refractivity contribution in [1.82, 2.24) is 15.5 Å². The van der Waals surface area contributed by atoms with Crippen LogP contribution in [0.4, 0.5) is 0 Å². The fourth-order valence-electron chi connectivity index (χ4n) is 4.38. The molecule has 1 atom stereocenters. The third-order valence-corrected chi connectivity index (χ3v) is 6.00. The zero-order chi connectivity index (χ0) is 25.7. The van der Waals surface area contributed by atoms with Crippen LogP contribution in [0.15, 0.2) is 34.9 Å². The highest BCUT2D eigenvalue weighted by Gasteiger charge is 2.26. The van der Waals surface area contributed by atoms with Gasteiger partial charge in [0.05, 0.1) is 13.0 Å². The number of hydrogen-bond acceptors (Lipinski definition) is 6. The lowest BCUT2D eigenvalue weighted by molar-refractivity contribution is -0.155. The molecule has 0 unspecified atom stereocenters. The number of esters is 1. The van der Waals surface area contributed by atoms with Gasteiger partial charge in [0.15, 0.2) is 5.82 Å². The van der Waals surface area contributed by atoms with E-state index in [1.54, 1.807) is 12.1 Å². The molecule has 1 aromatic heterocycles. The third kappa shape index (κ3) is 10.6.